The molecule has 3 N–H and O–H groups in total. The Morgan fingerprint density at radius 2 is 2.00 bits per heavy atom. The number of hydrogen-bond donors (Lipinski definition) is 2. The molecule has 0 spiro atoms. The second kappa shape index (κ2) is 6.41. The summed E-state index contributed by atoms with van der Waals surface area (Å²) >= 11 is 5.85. The maximum atomic E-state index is 12.2. The second-order valence-electron chi connectivity index (χ2n) is 4.65. The summed E-state index contributed by atoms with van der Waals surface area (Å²) in [6.45, 7) is 0. The van der Waals surface area contributed by atoms with Crippen molar-refractivity contribution in [2.75, 3.05) is 0 Å². The molecule has 0 atom stereocenters. The van der Waals surface area contributed by atoms with Gasteiger partial charge in [-0.25, -0.2) is 13.1 Å². The molecule has 19 heavy (non-hydrogen) atoms. The Bertz CT molecular complexity index is 504. The highest BCUT2D eigenvalue weighted by molar-refractivity contribution is 7.89. The van der Waals surface area contributed by atoms with Crippen LogP contribution in [0, 0.1) is 0 Å². The van der Waals surface area contributed by atoms with Crippen LogP contribution in [0.5, 0.6) is 0 Å². The van der Waals surface area contributed by atoms with E-state index < -0.39 is 10.0 Å². The normalized spacial score (nSPS) is 23.9. The molecule has 0 radical (unpaired) electrons. The van der Waals surface area contributed by atoms with Crippen molar-refractivity contribution in [1.82, 2.24) is 14.5 Å². The van der Waals surface area contributed by atoms with Crippen LogP contribution < -0.4 is 10.5 Å². The minimum absolute atomic E-state index is 0. The average molecular weight is 329 g/mol. The maximum Gasteiger partial charge on any atom is 0.259 e. The molecule has 1 saturated carbocycles. The van der Waals surface area contributed by atoms with Crippen LogP contribution in [0.1, 0.15) is 25.7 Å². The molecule has 1 fully saturated rings. The van der Waals surface area contributed by atoms with Crippen molar-refractivity contribution in [1.29, 1.82) is 0 Å². The number of nitrogens with two attached hydrogens (primary N) is 1. The predicted octanol–water partition coefficient (Wildman–Crippen LogP) is 1.04. The van der Waals surface area contributed by atoms with Crippen molar-refractivity contribution in [2.45, 2.75) is 42.8 Å². The summed E-state index contributed by atoms with van der Waals surface area (Å²) in [5, 5.41) is 3.98. The highest BCUT2D eigenvalue weighted by atomic mass is 35.5. The van der Waals surface area contributed by atoms with Gasteiger partial charge in [0.2, 0.25) is 0 Å². The van der Waals surface area contributed by atoms with Crippen LogP contribution in [0.15, 0.2) is 11.2 Å². The number of aryl methyl sites for hydroxylation is 1. The Kier molecular flexibility index (Phi) is 5.64. The molecule has 6 nitrogen and oxygen atoms in total. The van der Waals surface area contributed by atoms with Gasteiger partial charge < -0.3 is 5.73 Å². The summed E-state index contributed by atoms with van der Waals surface area (Å²) < 4.78 is 28.3. The standard InChI is InChI=1S/C10H17ClN4O2S.ClH/c1-15-10(9(11)6-13-15)18(16,17)14-8-4-2-7(12)3-5-8;/h6-8,14H,2-5,12H2,1H3;1H. The molecule has 0 aromatic carbocycles. The van der Waals surface area contributed by atoms with Crippen LogP contribution in [-0.2, 0) is 17.1 Å². The van der Waals surface area contributed by atoms with Crippen LogP contribution in [0.2, 0.25) is 5.02 Å². The zero-order valence-electron chi connectivity index (χ0n) is 10.5. The number of aromatic nitrogens is 2. The molecule has 0 aliphatic heterocycles. The summed E-state index contributed by atoms with van der Waals surface area (Å²) in [7, 11) is -2.06. The van der Waals surface area contributed by atoms with Crippen LogP contribution in [-0.4, -0.2) is 30.3 Å². The topological polar surface area (TPSA) is 90.0 Å². The van der Waals surface area contributed by atoms with Gasteiger partial charge in [0.15, 0.2) is 5.03 Å². The van der Waals surface area contributed by atoms with Crippen LogP contribution in [0.25, 0.3) is 0 Å². The van der Waals surface area contributed by atoms with E-state index in [1.807, 2.05) is 0 Å². The monoisotopic (exact) mass is 328 g/mol. The van der Waals surface area contributed by atoms with Crippen LogP contribution in [0.4, 0.5) is 0 Å². The van der Waals surface area contributed by atoms with Crippen molar-refractivity contribution in [2.24, 2.45) is 12.8 Å². The van der Waals surface area contributed by atoms with Crippen molar-refractivity contribution in [3.63, 3.8) is 0 Å². The lowest BCUT2D eigenvalue weighted by molar-refractivity contribution is 0.373. The number of nitrogens with zero attached hydrogens (tertiary/aromatic N) is 2. The number of rotatable bonds is 3. The Labute approximate surface area is 124 Å². The van der Waals surface area contributed by atoms with E-state index in [1.165, 1.54) is 10.9 Å². The molecule has 1 aromatic rings. The van der Waals surface area contributed by atoms with E-state index in [2.05, 4.69) is 9.82 Å². The fraction of sp³-hybridized carbons (Fsp3) is 0.700. The van der Waals surface area contributed by atoms with Gasteiger partial charge >= 0.3 is 0 Å². The van der Waals surface area contributed by atoms with Gasteiger partial charge in [-0.15, -0.1) is 12.4 Å². The number of sulfonamides is 1. The summed E-state index contributed by atoms with van der Waals surface area (Å²) in [5.74, 6) is 0. The van der Waals surface area contributed by atoms with E-state index in [4.69, 9.17) is 17.3 Å². The maximum absolute atomic E-state index is 12.2. The Balaban J connectivity index is 0.00000180. The number of halogens is 2. The Hall–Kier alpha value is -0.340. The molecule has 1 heterocycles. The van der Waals surface area contributed by atoms with Gasteiger partial charge in [-0.2, -0.15) is 5.10 Å². The molecule has 1 aromatic heterocycles. The Morgan fingerprint density at radius 1 is 1.42 bits per heavy atom. The average Bonchev–Trinajstić information content (AvgIpc) is 2.62. The number of nitrogens with one attached hydrogen (secondary N) is 1. The highest BCUT2D eigenvalue weighted by Gasteiger charge is 2.28. The second-order valence-corrected chi connectivity index (χ2v) is 6.69. The molecule has 2 rings (SSSR count). The van der Waals surface area contributed by atoms with E-state index in [0.717, 1.165) is 25.7 Å². The molecule has 1 aliphatic rings. The lowest BCUT2D eigenvalue weighted by Crippen LogP contribution is -2.41. The van der Waals surface area contributed by atoms with Gasteiger partial charge in [-0.1, -0.05) is 11.6 Å². The first-order valence-electron chi connectivity index (χ1n) is 5.85. The summed E-state index contributed by atoms with van der Waals surface area (Å²) in [6.07, 6.45) is 4.53. The fourth-order valence-electron chi connectivity index (χ4n) is 2.21. The van der Waals surface area contributed by atoms with E-state index in [9.17, 15) is 8.42 Å². The van der Waals surface area contributed by atoms with Crippen LogP contribution >= 0.6 is 24.0 Å². The van der Waals surface area contributed by atoms with Crippen molar-refractivity contribution in [3.05, 3.63) is 11.2 Å². The molecule has 0 amide bonds. The molecular weight excluding hydrogens is 311 g/mol. The lowest BCUT2D eigenvalue weighted by Gasteiger charge is -2.26. The van der Waals surface area contributed by atoms with Gasteiger partial charge in [0.05, 0.1) is 11.2 Å². The van der Waals surface area contributed by atoms with Gasteiger partial charge in [-0.05, 0) is 25.7 Å². The quantitative estimate of drug-likeness (QED) is 0.867. The third-order valence-corrected chi connectivity index (χ3v) is 5.22. The first kappa shape index (κ1) is 16.7. The smallest absolute Gasteiger partial charge is 0.259 e. The fourth-order valence-corrected chi connectivity index (χ4v) is 4.18. The van der Waals surface area contributed by atoms with Crippen molar-refractivity contribution >= 4 is 34.0 Å². The van der Waals surface area contributed by atoms with Gasteiger partial charge in [0.25, 0.3) is 10.0 Å². The molecule has 1 aliphatic carbocycles. The first-order chi connectivity index (χ1) is 8.40. The molecule has 0 bridgehead atoms. The molecular formula is C10H18Cl2N4O2S. The molecule has 0 saturated heterocycles. The molecule has 0 unspecified atom stereocenters. The SMILES string of the molecule is Cl.Cn1ncc(Cl)c1S(=O)(=O)NC1CCC(N)CC1. The van der Waals surface area contributed by atoms with E-state index >= 15 is 0 Å². The molecule has 9 heteroatoms. The third kappa shape index (κ3) is 3.82. The molecule has 110 valence electrons. The number of hydrogen-bond acceptors (Lipinski definition) is 4. The lowest BCUT2D eigenvalue weighted by atomic mass is 9.93. The summed E-state index contributed by atoms with van der Waals surface area (Å²) in [4.78, 5) is 0. The van der Waals surface area contributed by atoms with Gasteiger partial charge in [-0.3, -0.25) is 4.68 Å². The minimum atomic E-state index is -3.62. The largest absolute Gasteiger partial charge is 0.328 e. The third-order valence-electron chi connectivity index (χ3n) is 3.19. The van der Waals surface area contributed by atoms with Gasteiger partial charge in [0.1, 0.15) is 0 Å². The summed E-state index contributed by atoms with van der Waals surface area (Å²) in [6, 6.07) is 0.117. The summed E-state index contributed by atoms with van der Waals surface area (Å²) in [5.41, 5.74) is 5.79. The highest BCUT2D eigenvalue weighted by Crippen LogP contribution is 2.23. The first-order valence-corrected chi connectivity index (χ1v) is 7.71. The zero-order valence-corrected chi connectivity index (χ0v) is 12.9. The predicted molar refractivity (Wildman–Crippen MR) is 76.0 cm³/mol. The van der Waals surface area contributed by atoms with E-state index in [0.29, 0.717) is 0 Å². The van der Waals surface area contributed by atoms with Gasteiger partial charge in [0, 0.05) is 19.1 Å². The zero-order chi connectivity index (χ0) is 13.3. The van der Waals surface area contributed by atoms with E-state index in [1.54, 1.807) is 7.05 Å². The van der Waals surface area contributed by atoms with E-state index in [-0.39, 0.29) is 34.5 Å². The Morgan fingerprint density at radius 3 is 2.47 bits per heavy atom. The minimum Gasteiger partial charge on any atom is -0.328 e. The van der Waals surface area contributed by atoms with Crippen LogP contribution in [0.3, 0.4) is 0 Å². The van der Waals surface area contributed by atoms with Crippen molar-refractivity contribution < 1.29 is 8.42 Å². The van der Waals surface area contributed by atoms with Crippen molar-refractivity contribution in [3.8, 4) is 0 Å².